The number of benzodiazepines with no additional fused rings is 1. The quantitative estimate of drug-likeness (QED) is 0.651. The topological polar surface area (TPSA) is 105 Å². The first-order valence-electron chi connectivity index (χ1n) is 12.8. The van der Waals surface area contributed by atoms with Gasteiger partial charge in [-0.3, -0.25) is 14.4 Å². The lowest BCUT2D eigenvalue weighted by Gasteiger charge is -2.36. The molecular weight excluding hydrogens is 452 g/mol. The molecule has 1 heterocycles. The molecule has 0 aromatic heterocycles. The number of carbonyl (C=O) groups excluding carboxylic acids is 3. The number of rotatable bonds is 6. The number of nitrogens with zero attached hydrogens (tertiary/aromatic N) is 2. The maximum absolute atomic E-state index is 14.1. The molecular formula is C29H34N4O3. The number of amides is 3. The van der Waals surface area contributed by atoms with Crippen LogP contribution in [0.25, 0.3) is 0 Å². The van der Waals surface area contributed by atoms with E-state index in [9.17, 15) is 14.4 Å². The fraction of sp³-hybridized carbons (Fsp3) is 0.448. The number of hydrogen-bond donors (Lipinski definition) is 2. The summed E-state index contributed by atoms with van der Waals surface area (Å²) in [6.45, 7) is 4.16. The van der Waals surface area contributed by atoms with Crippen LogP contribution in [-0.2, 0) is 14.4 Å². The molecule has 2 aliphatic carbocycles. The number of anilines is 1. The van der Waals surface area contributed by atoms with Gasteiger partial charge in [0.05, 0.1) is 22.2 Å². The number of nitrogens with one attached hydrogen (secondary N) is 1. The van der Waals surface area contributed by atoms with Crippen LogP contribution in [0.1, 0.15) is 57.1 Å². The first-order chi connectivity index (χ1) is 17.2. The molecule has 7 heteroatoms. The number of hydrogen-bond acceptors (Lipinski definition) is 4. The van der Waals surface area contributed by atoms with Crippen molar-refractivity contribution in [2.75, 3.05) is 11.9 Å². The number of nitrogens with two attached hydrogens (primary N) is 1. The molecule has 2 fully saturated rings. The van der Waals surface area contributed by atoms with Crippen LogP contribution in [0.15, 0.2) is 59.6 Å². The average molecular weight is 487 g/mol. The Morgan fingerprint density at radius 1 is 1.06 bits per heavy atom. The number of aliphatic imine (C=N–C) groups is 1. The smallest absolute Gasteiger partial charge is 0.272 e. The first kappa shape index (κ1) is 24.2. The van der Waals surface area contributed by atoms with E-state index in [0.29, 0.717) is 25.0 Å². The Morgan fingerprint density at radius 2 is 1.69 bits per heavy atom. The molecule has 3 N–H and O–H groups in total. The van der Waals surface area contributed by atoms with Gasteiger partial charge in [-0.15, -0.1) is 0 Å². The molecule has 0 spiro atoms. The molecule has 2 saturated carbocycles. The number of benzene rings is 2. The van der Waals surface area contributed by atoms with E-state index in [0.717, 1.165) is 29.7 Å². The monoisotopic (exact) mass is 486 g/mol. The van der Waals surface area contributed by atoms with Gasteiger partial charge in [0.2, 0.25) is 18.0 Å². The van der Waals surface area contributed by atoms with Crippen LogP contribution in [0.3, 0.4) is 0 Å². The van der Waals surface area contributed by atoms with Crippen LogP contribution >= 0.6 is 0 Å². The lowest BCUT2D eigenvalue weighted by molar-refractivity contribution is -0.145. The summed E-state index contributed by atoms with van der Waals surface area (Å²) in [4.78, 5) is 47.0. The molecule has 3 atom stereocenters. The summed E-state index contributed by atoms with van der Waals surface area (Å²) in [6.07, 6.45) is 2.47. The van der Waals surface area contributed by atoms with Crippen LogP contribution in [-0.4, -0.2) is 36.6 Å². The zero-order valence-corrected chi connectivity index (χ0v) is 21.2. The van der Waals surface area contributed by atoms with Crippen molar-refractivity contribution in [3.05, 3.63) is 65.7 Å². The molecule has 1 aliphatic heterocycles. The molecule has 0 radical (unpaired) electrons. The zero-order valence-electron chi connectivity index (χ0n) is 21.2. The summed E-state index contributed by atoms with van der Waals surface area (Å²) in [5.74, 6) is -0.748. The normalized spacial score (nSPS) is 26.7. The van der Waals surface area contributed by atoms with Crippen molar-refractivity contribution in [1.82, 2.24) is 5.32 Å². The third-order valence-corrected chi connectivity index (χ3v) is 8.67. The molecule has 3 amide bonds. The van der Waals surface area contributed by atoms with Crippen molar-refractivity contribution in [2.45, 2.75) is 52.1 Å². The van der Waals surface area contributed by atoms with Gasteiger partial charge in [-0.1, -0.05) is 75.2 Å². The Bertz CT molecular complexity index is 1230. The average Bonchev–Trinajstić information content (AvgIpc) is 3.49. The predicted molar refractivity (Wildman–Crippen MR) is 139 cm³/mol. The molecule has 2 aromatic rings. The highest BCUT2D eigenvalue weighted by Crippen LogP contribution is 2.70. The van der Waals surface area contributed by atoms with Gasteiger partial charge in [0, 0.05) is 18.2 Å². The third-order valence-electron chi connectivity index (χ3n) is 8.67. The fourth-order valence-corrected chi connectivity index (χ4v) is 6.71. The summed E-state index contributed by atoms with van der Waals surface area (Å²) < 4.78 is 0. The van der Waals surface area contributed by atoms with Gasteiger partial charge in [-0.05, 0) is 37.2 Å². The largest absolute Gasteiger partial charge is 0.369 e. The molecule has 3 aliphatic rings. The summed E-state index contributed by atoms with van der Waals surface area (Å²) in [5, 5.41) is 2.99. The number of likely N-dealkylation sites (N-methyl/N-ethyl adjacent to an activating group) is 1. The van der Waals surface area contributed by atoms with Gasteiger partial charge in [0.25, 0.3) is 5.91 Å². The van der Waals surface area contributed by atoms with Gasteiger partial charge in [0.1, 0.15) is 0 Å². The number of fused-ring (bicyclic) bond motifs is 1. The number of primary amides is 1. The summed E-state index contributed by atoms with van der Waals surface area (Å²) >= 11 is 0. The van der Waals surface area contributed by atoms with Gasteiger partial charge in [-0.25, -0.2) is 4.99 Å². The molecule has 36 heavy (non-hydrogen) atoms. The second-order valence-electron chi connectivity index (χ2n) is 10.8. The van der Waals surface area contributed by atoms with Crippen molar-refractivity contribution < 1.29 is 14.4 Å². The minimum atomic E-state index is -1.11. The maximum atomic E-state index is 14.1. The van der Waals surface area contributed by atoms with Crippen LogP contribution in [0.2, 0.25) is 0 Å². The Hall–Kier alpha value is -3.48. The molecule has 188 valence electrons. The van der Waals surface area contributed by atoms with Crippen molar-refractivity contribution >= 4 is 29.1 Å². The highest BCUT2D eigenvalue weighted by Gasteiger charge is 2.74. The fourth-order valence-electron chi connectivity index (χ4n) is 6.71. The van der Waals surface area contributed by atoms with Crippen LogP contribution < -0.4 is 16.0 Å². The van der Waals surface area contributed by atoms with E-state index in [1.54, 1.807) is 11.9 Å². The summed E-state index contributed by atoms with van der Waals surface area (Å²) in [5.41, 5.74) is 7.28. The second-order valence-corrected chi connectivity index (χ2v) is 10.8. The van der Waals surface area contributed by atoms with Gasteiger partial charge in [-0.2, -0.15) is 0 Å². The predicted octanol–water partition coefficient (Wildman–Crippen LogP) is 3.65. The summed E-state index contributed by atoms with van der Waals surface area (Å²) in [6, 6.07) is 17.3. The second kappa shape index (κ2) is 8.87. The summed E-state index contributed by atoms with van der Waals surface area (Å²) in [7, 11) is 1.70. The SMILES string of the molecule is CC(C)[C@@H]1CC1(C(=O)NC1N=C(c2ccccc2)c2ccccc2N(C)C1=O)C1(C(N)=O)CCCC1. The van der Waals surface area contributed by atoms with Crippen molar-refractivity contribution in [2.24, 2.45) is 33.4 Å². The molecule has 2 unspecified atom stereocenters. The van der Waals surface area contributed by atoms with Gasteiger partial charge < -0.3 is 16.0 Å². The van der Waals surface area contributed by atoms with Crippen molar-refractivity contribution in [1.29, 1.82) is 0 Å². The Labute approximate surface area is 212 Å². The minimum absolute atomic E-state index is 0.0384. The minimum Gasteiger partial charge on any atom is -0.369 e. The Morgan fingerprint density at radius 3 is 2.31 bits per heavy atom. The van der Waals surface area contributed by atoms with E-state index in [4.69, 9.17) is 10.7 Å². The third kappa shape index (κ3) is 3.55. The standard InChI is InChI=1S/C29H34N4O3/c1-18(2)21-17-29(21,28(26(30)35)15-9-10-16-28)27(36)32-24-25(34)33(3)22-14-8-7-13-20(22)23(31-24)19-11-5-4-6-12-19/h4-8,11-14,18,21,24H,9-10,15-17H2,1-3H3,(H2,30,35)(H,32,36)/t21-,24?,29?/m0/s1. The highest BCUT2D eigenvalue weighted by atomic mass is 16.2. The molecule has 5 rings (SSSR count). The Kier molecular flexibility index (Phi) is 5.97. The van der Waals surface area contributed by atoms with Crippen molar-refractivity contribution in [3.63, 3.8) is 0 Å². The highest BCUT2D eigenvalue weighted by molar-refractivity contribution is 6.20. The van der Waals surface area contributed by atoms with Crippen LogP contribution in [0.5, 0.6) is 0 Å². The molecule has 7 nitrogen and oxygen atoms in total. The molecule has 0 bridgehead atoms. The molecule has 0 saturated heterocycles. The van der Waals surface area contributed by atoms with Crippen LogP contribution in [0.4, 0.5) is 5.69 Å². The van der Waals surface area contributed by atoms with E-state index in [1.165, 1.54) is 0 Å². The number of para-hydroxylation sites is 1. The van der Waals surface area contributed by atoms with Gasteiger partial charge >= 0.3 is 0 Å². The van der Waals surface area contributed by atoms with E-state index >= 15 is 0 Å². The molecule has 2 aromatic carbocycles. The maximum Gasteiger partial charge on any atom is 0.272 e. The van der Waals surface area contributed by atoms with Crippen molar-refractivity contribution in [3.8, 4) is 0 Å². The van der Waals surface area contributed by atoms with Gasteiger partial charge in [0.15, 0.2) is 0 Å². The zero-order chi connectivity index (χ0) is 25.7. The lowest BCUT2D eigenvalue weighted by Crippen LogP contribution is -2.55. The number of carbonyl (C=O) groups is 3. The van der Waals surface area contributed by atoms with E-state index in [2.05, 4.69) is 19.2 Å². The Balaban J connectivity index is 1.57. The van der Waals surface area contributed by atoms with E-state index in [-0.39, 0.29) is 23.7 Å². The first-order valence-corrected chi connectivity index (χ1v) is 12.8. The van der Waals surface area contributed by atoms with Crippen LogP contribution in [0, 0.1) is 22.7 Å². The lowest BCUT2D eigenvalue weighted by atomic mass is 9.67. The van der Waals surface area contributed by atoms with E-state index in [1.807, 2.05) is 54.6 Å². The van der Waals surface area contributed by atoms with E-state index < -0.39 is 22.9 Å².